The van der Waals surface area contributed by atoms with E-state index < -0.39 is 12.3 Å². The normalized spacial score (nSPS) is 31.9. The van der Waals surface area contributed by atoms with Gasteiger partial charge in [0, 0.05) is 0 Å². The van der Waals surface area contributed by atoms with Crippen LogP contribution in [0.4, 0.5) is 9.18 Å². The Hall–Kier alpha value is -1.58. The van der Waals surface area contributed by atoms with Crippen LogP contribution in [-0.4, -0.2) is 18.3 Å². The average Bonchev–Trinajstić information content (AvgIpc) is 2.88. The third kappa shape index (κ3) is 2.94. The summed E-state index contributed by atoms with van der Waals surface area (Å²) in [5.74, 6) is 0.708. The number of rotatable bonds is 3. The van der Waals surface area contributed by atoms with E-state index in [4.69, 9.17) is 4.74 Å². The topological polar surface area (TPSA) is 38.3 Å². The van der Waals surface area contributed by atoms with Crippen LogP contribution in [0.25, 0.3) is 0 Å². The van der Waals surface area contributed by atoms with Crippen LogP contribution in [0.15, 0.2) is 30.3 Å². The van der Waals surface area contributed by atoms with Crippen LogP contribution in [0, 0.1) is 11.8 Å². The molecule has 0 saturated heterocycles. The molecule has 2 saturated carbocycles. The van der Waals surface area contributed by atoms with Gasteiger partial charge in [0.25, 0.3) is 0 Å². The van der Waals surface area contributed by atoms with E-state index in [1.165, 1.54) is 0 Å². The lowest BCUT2D eigenvalue weighted by Crippen LogP contribution is -2.47. The van der Waals surface area contributed by atoms with Crippen LogP contribution >= 0.6 is 0 Å². The van der Waals surface area contributed by atoms with E-state index in [1.54, 1.807) is 0 Å². The van der Waals surface area contributed by atoms with E-state index in [-0.39, 0.29) is 18.6 Å². The Morgan fingerprint density at radius 3 is 2.85 bits per heavy atom. The number of alkyl halides is 1. The molecule has 2 fully saturated rings. The summed E-state index contributed by atoms with van der Waals surface area (Å²) in [4.78, 5) is 11.8. The number of benzene rings is 1. The lowest BCUT2D eigenvalue weighted by molar-refractivity contribution is 0.0986. The fourth-order valence-electron chi connectivity index (χ4n) is 3.49. The predicted molar refractivity (Wildman–Crippen MR) is 73.9 cm³/mol. The van der Waals surface area contributed by atoms with E-state index in [0.29, 0.717) is 5.92 Å². The van der Waals surface area contributed by atoms with Gasteiger partial charge >= 0.3 is 6.09 Å². The molecule has 0 aromatic heterocycles. The van der Waals surface area contributed by atoms with Crippen molar-refractivity contribution in [3.63, 3.8) is 0 Å². The predicted octanol–water partition coefficient (Wildman–Crippen LogP) is 3.44. The molecule has 0 unspecified atom stereocenters. The maximum absolute atomic E-state index is 14.2. The van der Waals surface area contributed by atoms with Crippen molar-refractivity contribution in [3.05, 3.63) is 35.9 Å². The number of carbonyl (C=O) groups excluding carboxylic acids is 1. The summed E-state index contributed by atoms with van der Waals surface area (Å²) >= 11 is 0. The van der Waals surface area contributed by atoms with Crippen molar-refractivity contribution in [1.29, 1.82) is 0 Å². The maximum Gasteiger partial charge on any atom is 0.407 e. The highest BCUT2D eigenvalue weighted by molar-refractivity contribution is 5.67. The largest absolute Gasteiger partial charge is 0.445 e. The molecular formula is C16H20FNO2. The summed E-state index contributed by atoms with van der Waals surface area (Å²) in [6, 6.07) is 9.12. The van der Waals surface area contributed by atoms with E-state index in [0.717, 1.165) is 31.2 Å². The fraction of sp³-hybridized carbons (Fsp3) is 0.562. The van der Waals surface area contributed by atoms with Crippen molar-refractivity contribution in [2.45, 2.75) is 44.5 Å². The molecular weight excluding hydrogens is 257 g/mol. The molecule has 0 spiro atoms. The number of halogens is 1. The van der Waals surface area contributed by atoms with Gasteiger partial charge in [-0.05, 0) is 43.1 Å². The number of amides is 1. The van der Waals surface area contributed by atoms with Crippen molar-refractivity contribution in [2.75, 3.05) is 0 Å². The molecule has 0 heterocycles. The van der Waals surface area contributed by atoms with Crippen molar-refractivity contribution >= 4 is 6.09 Å². The Morgan fingerprint density at radius 1 is 1.25 bits per heavy atom. The van der Waals surface area contributed by atoms with Crippen molar-refractivity contribution < 1.29 is 13.9 Å². The molecule has 4 heteroatoms. The smallest absolute Gasteiger partial charge is 0.407 e. The van der Waals surface area contributed by atoms with Crippen LogP contribution < -0.4 is 5.32 Å². The fourth-order valence-corrected chi connectivity index (χ4v) is 3.49. The molecule has 0 radical (unpaired) electrons. The van der Waals surface area contributed by atoms with Gasteiger partial charge in [-0.15, -0.1) is 0 Å². The Labute approximate surface area is 118 Å². The lowest BCUT2D eigenvalue weighted by Gasteiger charge is -2.31. The summed E-state index contributed by atoms with van der Waals surface area (Å²) in [5, 5.41) is 2.70. The highest BCUT2D eigenvalue weighted by atomic mass is 19.1. The summed E-state index contributed by atoms with van der Waals surface area (Å²) in [5.41, 5.74) is 0.933. The number of carbonyl (C=O) groups is 1. The van der Waals surface area contributed by atoms with Crippen molar-refractivity contribution in [1.82, 2.24) is 5.32 Å². The van der Waals surface area contributed by atoms with Gasteiger partial charge in [0.2, 0.25) is 0 Å². The number of fused-ring (bicyclic) bond motifs is 2. The van der Waals surface area contributed by atoms with Crippen molar-refractivity contribution in [3.8, 4) is 0 Å². The molecule has 1 amide bonds. The van der Waals surface area contributed by atoms with E-state index >= 15 is 0 Å². The molecule has 1 aromatic rings. The van der Waals surface area contributed by atoms with Crippen LogP contribution in [0.3, 0.4) is 0 Å². The van der Waals surface area contributed by atoms with Crippen LogP contribution in [0.1, 0.15) is 31.2 Å². The molecule has 1 aromatic carbocycles. The van der Waals surface area contributed by atoms with Gasteiger partial charge in [-0.25, -0.2) is 9.18 Å². The molecule has 2 bridgehead atoms. The third-order valence-corrected chi connectivity index (χ3v) is 4.52. The molecule has 2 aliphatic rings. The second-order valence-corrected chi connectivity index (χ2v) is 5.93. The maximum atomic E-state index is 14.2. The first-order valence-electron chi connectivity index (χ1n) is 7.33. The molecule has 108 valence electrons. The van der Waals surface area contributed by atoms with Crippen LogP contribution in [0.2, 0.25) is 0 Å². The Kier molecular flexibility index (Phi) is 3.90. The molecule has 1 N–H and O–H groups in total. The highest BCUT2D eigenvalue weighted by Crippen LogP contribution is 2.43. The standard InChI is InChI=1S/C16H20FNO2/c17-15-13-7-6-12(8-13)9-14(15)18-16(19)20-10-11-4-2-1-3-5-11/h1-5,12-15H,6-10H2,(H,18,19)/t12-,13+,14+,15-/m1/s1. The zero-order valence-corrected chi connectivity index (χ0v) is 11.4. The Bertz CT molecular complexity index is 465. The second-order valence-electron chi connectivity index (χ2n) is 5.93. The number of ether oxygens (including phenoxy) is 1. The average molecular weight is 277 g/mol. The van der Waals surface area contributed by atoms with Crippen molar-refractivity contribution in [2.24, 2.45) is 11.8 Å². The second kappa shape index (κ2) is 5.81. The molecule has 4 atom stereocenters. The molecule has 2 aliphatic carbocycles. The van der Waals surface area contributed by atoms with Gasteiger partial charge in [0.15, 0.2) is 0 Å². The quantitative estimate of drug-likeness (QED) is 0.919. The van der Waals surface area contributed by atoms with Gasteiger partial charge in [-0.2, -0.15) is 0 Å². The SMILES string of the molecule is O=C(N[C@H]1C[C@@H]2CC[C@@H](C2)[C@H]1F)OCc1ccccc1. The van der Waals surface area contributed by atoms with E-state index in [2.05, 4.69) is 5.32 Å². The van der Waals surface area contributed by atoms with Gasteiger partial charge in [0.1, 0.15) is 12.8 Å². The van der Waals surface area contributed by atoms with E-state index in [9.17, 15) is 9.18 Å². The molecule has 3 nitrogen and oxygen atoms in total. The summed E-state index contributed by atoms with van der Waals surface area (Å²) in [6.07, 6.45) is 2.36. The molecule has 3 rings (SSSR count). The number of hydrogen-bond donors (Lipinski definition) is 1. The molecule has 0 aliphatic heterocycles. The monoisotopic (exact) mass is 277 g/mol. The zero-order chi connectivity index (χ0) is 13.9. The minimum absolute atomic E-state index is 0.133. The first-order valence-corrected chi connectivity index (χ1v) is 7.33. The number of alkyl carbamates (subject to hydrolysis) is 1. The zero-order valence-electron chi connectivity index (χ0n) is 11.4. The van der Waals surface area contributed by atoms with Gasteiger partial charge in [-0.1, -0.05) is 30.3 Å². The molecule has 20 heavy (non-hydrogen) atoms. The minimum Gasteiger partial charge on any atom is -0.445 e. The summed E-state index contributed by atoms with van der Waals surface area (Å²) in [6.45, 7) is 0.225. The van der Waals surface area contributed by atoms with Gasteiger partial charge in [-0.3, -0.25) is 0 Å². The third-order valence-electron chi connectivity index (χ3n) is 4.52. The van der Waals surface area contributed by atoms with Gasteiger partial charge < -0.3 is 10.1 Å². The summed E-state index contributed by atoms with van der Waals surface area (Å²) < 4.78 is 19.3. The summed E-state index contributed by atoms with van der Waals surface area (Å²) in [7, 11) is 0. The van der Waals surface area contributed by atoms with Crippen LogP contribution in [-0.2, 0) is 11.3 Å². The Balaban J connectivity index is 1.49. The lowest BCUT2D eigenvalue weighted by atomic mass is 9.84. The van der Waals surface area contributed by atoms with Crippen LogP contribution in [0.5, 0.6) is 0 Å². The first kappa shape index (κ1) is 13.4. The highest BCUT2D eigenvalue weighted by Gasteiger charge is 2.42. The van der Waals surface area contributed by atoms with Gasteiger partial charge in [0.05, 0.1) is 6.04 Å². The first-order chi connectivity index (χ1) is 9.72. The van der Waals surface area contributed by atoms with E-state index in [1.807, 2.05) is 30.3 Å². The number of hydrogen-bond acceptors (Lipinski definition) is 2. The Morgan fingerprint density at radius 2 is 2.05 bits per heavy atom. The number of nitrogens with one attached hydrogen (secondary N) is 1. The minimum atomic E-state index is -0.918.